The van der Waals surface area contributed by atoms with Crippen molar-refractivity contribution < 1.29 is 9.59 Å². The third kappa shape index (κ3) is 3.06. The van der Waals surface area contributed by atoms with Crippen LogP contribution < -0.4 is 0 Å². The smallest absolute Gasteiger partial charge is 0.255 e. The van der Waals surface area contributed by atoms with Crippen molar-refractivity contribution in [2.45, 2.75) is 18.9 Å². The van der Waals surface area contributed by atoms with Gasteiger partial charge in [-0.2, -0.15) is 0 Å². The second-order valence-corrected chi connectivity index (χ2v) is 6.78. The molecule has 2 rings (SSSR count). The third-order valence-corrected chi connectivity index (χ3v) is 4.55. The first kappa shape index (κ1) is 15.5. The molecule has 0 aliphatic carbocycles. The van der Waals surface area contributed by atoms with Gasteiger partial charge in [0.1, 0.15) is 6.04 Å². The van der Waals surface area contributed by atoms with Crippen molar-refractivity contribution in [3.8, 4) is 0 Å². The highest BCUT2D eigenvalue weighted by Crippen LogP contribution is 2.27. The van der Waals surface area contributed by atoms with E-state index in [0.717, 1.165) is 21.8 Å². The number of halogens is 2. The van der Waals surface area contributed by atoms with Gasteiger partial charge in [0.2, 0.25) is 5.91 Å². The number of hydrogen-bond donors (Lipinski definition) is 0. The maximum Gasteiger partial charge on any atom is 0.255 e. The Hall–Kier alpha value is -0.880. The normalized spacial score (nSPS) is 18.2. The van der Waals surface area contributed by atoms with Crippen molar-refractivity contribution in [1.82, 2.24) is 9.80 Å². The van der Waals surface area contributed by atoms with Crippen molar-refractivity contribution in [1.29, 1.82) is 0 Å². The first-order valence-electron chi connectivity index (χ1n) is 6.39. The van der Waals surface area contributed by atoms with Gasteiger partial charge in [-0.15, -0.1) is 0 Å². The number of likely N-dealkylation sites (tertiary alicyclic amines) is 1. The van der Waals surface area contributed by atoms with E-state index in [1.807, 2.05) is 12.1 Å². The summed E-state index contributed by atoms with van der Waals surface area (Å²) in [4.78, 5) is 28.0. The van der Waals surface area contributed by atoms with Gasteiger partial charge >= 0.3 is 0 Å². The van der Waals surface area contributed by atoms with Crippen molar-refractivity contribution >= 4 is 43.7 Å². The molecule has 108 valence electrons. The molecule has 1 aliphatic heterocycles. The van der Waals surface area contributed by atoms with E-state index in [9.17, 15) is 9.59 Å². The highest BCUT2D eigenvalue weighted by Gasteiger charge is 2.35. The Labute approximate surface area is 135 Å². The molecule has 6 heteroatoms. The Morgan fingerprint density at radius 2 is 2.00 bits per heavy atom. The molecule has 0 spiro atoms. The summed E-state index contributed by atoms with van der Waals surface area (Å²) >= 11 is 6.78. The minimum absolute atomic E-state index is 0.0101. The Morgan fingerprint density at radius 3 is 2.60 bits per heavy atom. The maximum absolute atomic E-state index is 12.6. The first-order valence-corrected chi connectivity index (χ1v) is 7.97. The highest BCUT2D eigenvalue weighted by molar-refractivity contribution is 9.11. The van der Waals surface area contributed by atoms with E-state index >= 15 is 0 Å². The van der Waals surface area contributed by atoms with Crippen LogP contribution in [0.25, 0.3) is 0 Å². The molecule has 0 N–H and O–H groups in total. The van der Waals surface area contributed by atoms with Crippen LogP contribution in [-0.4, -0.2) is 48.3 Å². The molecule has 1 aromatic rings. The number of nitrogens with zero attached hydrogens (tertiary/aromatic N) is 2. The number of benzene rings is 1. The molecular weight excluding hydrogens is 388 g/mol. The average molecular weight is 404 g/mol. The molecule has 4 nitrogen and oxygen atoms in total. The fraction of sp³-hybridized carbons (Fsp3) is 0.429. The van der Waals surface area contributed by atoms with Crippen molar-refractivity contribution in [3.05, 3.63) is 32.7 Å². The Morgan fingerprint density at radius 1 is 1.30 bits per heavy atom. The molecule has 1 fully saturated rings. The van der Waals surface area contributed by atoms with Crippen LogP contribution in [0.15, 0.2) is 27.1 Å². The van der Waals surface area contributed by atoms with Gasteiger partial charge in [-0.25, -0.2) is 0 Å². The van der Waals surface area contributed by atoms with Gasteiger partial charge in [0.05, 0.1) is 5.56 Å². The monoisotopic (exact) mass is 402 g/mol. The Balaban J connectivity index is 2.25. The molecular formula is C14H16Br2N2O2. The van der Waals surface area contributed by atoms with Crippen molar-refractivity contribution in [3.63, 3.8) is 0 Å². The van der Waals surface area contributed by atoms with Crippen LogP contribution in [0.3, 0.4) is 0 Å². The number of hydrogen-bond acceptors (Lipinski definition) is 2. The molecule has 0 saturated carbocycles. The van der Waals surface area contributed by atoms with E-state index < -0.39 is 0 Å². The van der Waals surface area contributed by atoms with Crippen molar-refractivity contribution in [2.75, 3.05) is 20.6 Å². The number of likely N-dealkylation sites (N-methyl/N-ethyl adjacent to an activating group) is 1. The lowest BCUT2D eigenvalue weighted by Crippen LogP contribution is -2.45. The van der Waals surface area contributed by atoms with Gasteiger partial charge in [-0.05, 0) is 47.0 Å². The summed E-state index contributed by atoms with van der Waals surface area (Å²) in [6.45, 7) is 0.631. The molecule has 1 aliphatic rings. The molecule has 0 radical (unpaired) electrons. The van der Waals surface area contributed by atoms with Gasteiger partial charge < -0.3 is 9.80 Å². The minimum Gasteiger partial charge on any atom is -0.347 e. The fourth-order valence-electron chi connectivity index (χ4n) is 2.38. The molecule has 1 unspecified atom stereocenters. The molecule has 20 heavy (non-hydrogen) atoms. The maximum atomic E-state index is 12.6. The number of carbonyl (C=O) groups excluding carboxylic acids is 2. The summed E-state index contributed by atoms with van der Waals surface area (Å²) in [7, 11) is 3.44. The molecule has 1 aromatic carbocycles. The fourth-order valence-corrected chi connectivity index (χ4v) is 3.60. The lowest BCUT2D eigenvalue weighted by Gasteiger charge is -2.26. The van der Waals surface area contributed by atoms with Crippen LogP contribution in [0.5, 0.6) is 0 Å². The predicted octanol–water partition coefficient (Wildman–Crippen LogP) is 2.90. The summed E-state index contributed by atoms with van der Waals surface area (Å²) in [5.41, 5.74) is 0.589. The molecule has 2 amide bonds. The molecule has 1 heterocycles. The largest absolute Gasteiger partial charge is 0.347 e. The zero-order valence-electron chi connectivity index (χ0n) is 11.4. The van der Waals surface area contributed by atoms with Crippen molar-refractivity contribution in [2.24, 2.45) is 0 Å². The zero-order valence-corrected chi connectivity index (χ0v) is 14.6. The van der Waals surface area contributed by atoms with Crippen LogP contribution >= 0.6 is 31.9 Å². The van der Waals surface area contributed by atoms with Gasteiger partial charge in [0.15, 0.2) is 0 Å². The molecule has 0 bridgehead atoms. The van der Waals surface area contributed by atoms with Crippen LogP contribution in [0.4, 0.5) is 0 Å². The third-order valence-electron chi connectivity index (χ3n) is 3.40. The summed E-state index contributed by atoms with van der Waals surface area (Å²) in [6, 6.07) is 5.10. The van der Waals surface area contributed by atoms with Gasteiger partial charge in [-0.1, -0.05) is 15.9 Å². The highest BCUT2D eigenvalue weighted by atomic mass is 79.9. The second-order valence-electron chi connectivity index (χ2n) is 5.01. The number of amides is 2. The van der Waals surface area contributed by atoms with E-state index in [0.29, 0.717) is 12.1 Å². The molecule has 1 atom stereocenters. The predicted molar refractivity (Wildman–Crippen MR) is 84.6 cm³/mol. The molecule has 0 aromatic heterocycles. The van der Waals surface area contributed by atoms with E-state index in [1.54, 1.807) is 30.0 Å². The standard InChI is InChI=1S/C14H16Br2N2O2/c1-17(2)14(20)12-4-3-7-18(12)13(19)10-6-5-9(15)8-11(10)16/h5-6,8,12H,3-4,7H2,1-2H3. The second kappa shape index (κ2) is 6.26. The zero-order chi connectivity index (χ0) is 14.9. The van der Waals surface area contributed by atoms with Crippen LogP contribution in [0.2, 0.25) is 0 Å². The Bertz CT molecular complexity index is 546. The van der Waals surface area contributed by atoms with Crippen LogP contribution in [0, 0.1) is 0 Å². The minimum atomic E-state index is -0.340. The summed E-state index contributed by atoms with van der Waals surface area (Å²) < 4.78 is 1.64. The van der Waals surface area contributed by atoms with E-state index in [4.69, 9.17) is 0 Å². The number of carbonyl (C=O) groups is 2. The van der Waals surface area contributed by atoms with E-state index in [1.165, 1.54) is 0 Å². The van der Waals surface area contributed by atoms with Gasteiger partial charge in [0.25, 0.3) is 5.91 Å². The topological polar surface area (TPSA) is 40.6 Å². The van der Waals surface area contributed by atoms with Gasteiger partial charge in [-0.3, -0.25) is 9.59 Å². The molecule has 1 saturated heterocycles. The van der Waals surface area contributed by atoms with Crippen LogP contribution in [0.1, 0.15) is 23.2 Å². The SMILES string of the molecule is CN(C)C(=O)C1CCCN1C(=O)c1ccc(Br)cc1Br. The van der Waals surface area contributed by atoms with Crippen LogP contribution in [-0.2, 0) is 4.79 Å². The quantitative estimate of drug-likeness (QED) is 0.761. The summed E-state index contributed by atoms with van der Waals surface area (Å²) in [5.74, 6) is -0.105. The summed E-state index contributed by atoms with van der Waals surface area (Å²) in [5, 5.41) is 0. The number of rotatable bonds is 2. The lowest BCUT2D eigenvalue weighted by atomic mass is 10.1. The lowest BCUT2D eigenvalue weighted by molar-refractivity contribution is -0.132. The first-order chi connectivity index (χ1) is 9.41. The summed E-state index contributed by atoms with van der Waals surface area (Å²) in [6.07, 6.45) is 1.60. The van der Waals surface area contributed by atoms with E-state index in [2.05, 4.69) is 31.9 Å². The average Bonchev–Trinajstić information content (AvgIpc) is 2.86. The van der Waals surface area contributed by atoms with E-state index in [-0.39, 0.29) is 17.9 Å². The Kier molecular flexibility index (Phi) is 4.86. The van der Waals surface area contributed by atoms with Gasteiger partial charge in [0, 0.05) is 29.6 Å².